The Kier molecular flexibility index (Phi) is 9.01. The Balaban J connectivity index is 1.25. The number of hydrogen-bond acceptors (Lipinski definition) is 3. The molecule has 1 saturated heterocycles. The number of rotatable bonds is 7. The second kappa shape index (κ2) is 13.1. The molecule has 228 valence electrons. The number of nitrogens with zero attached hydrogens (tertiary/aromatic N) is 1. The number of carbonyl (C=O) groups is 2. The van der Waals surface area contributed by atoms with E-state index in [0.29, 0.717) is 36.9 Å². The van der Waals surface area contributed by atoms with Gasteiger partial charge >= 0.3 is 0 Å². The maximum absolute atomic E-state index is 15.0. The van der Waals surface area contributed by atoms with Gasteiger partial charge in [-0.3, -0.25) is 9.59 Å². The first-order valence-electron chi connectivity index (χ1n) is 16.5. The van der Waals surface area contributed by atoms with E-state index in [0.717, 1.165) is 23.7 Å². The number of allylic oxidation sites excluding steroid dienone is 2. The van der Waals surface area contributed by atoms with Crippen LogP contribution in [0.4, 0.5) is 10.1 Å². The summed E-state index contributed by atoms with van der Waals surface area (Å²) in [7, 11) is 0. The van der Waals surface area contributed by atoms with Crippen LogP contribution < -0.4 is 10.6 Å². The Morgan fingerprint density at radius 2 is 1.79 bits per heavy atom. The number of piperidine rings is 1. The number of benzene rings is 2. The molecule has 5 atom stereocenters. The molecule has 3 aliphatic carbocycles. The molecule has 0 bridgehead atoms. The van der Waals surface area contributed by atoms with Gasteiger partial charge in [-0.15, -0.1) is 0 Å². The minimum Gasteiger partial charge on any atom is -0.383 e. The third kappa shape index (κ3) is 6.58. The van der Waals surface area contributed by atoms with Gasteiger partial charge in [0, 0.05) is 29.9 Å². The molecule has 0 radical (unpaired) electrons. The van der Waals surface area contributed by atoms with Crippen LogP contribution in [0.5, 0.6) is 0 Å². The number of hydrogen-bond donors (Lipinski definition) is 2. The lowest BCUT2D eigenvalue weighted by molar-refractivity contribution is -0.123. The standard InChI is InChI=1S/C37H46FN3O2/c1-24-15-16-28(22-24)27-9-6-12-31(23-27)40-36(42)32-13-7-21-41(37(43)34-25(2)8-5-14-33(34)38)35(32)26-17-19-30(20-18-26)39-29-10-3-4-11-29/h5-6,8-9,12,14,17,19-20,23-24,26,28-29,32,35,39H,3-4,7,10-11,13,15-16,18,21-22H2,1-2H3,(H,40,42)/t24-,26?,28?,32-,35-/m0/s1. The summed E-state index contributed by atoms with van der Waals surface area (Å²) in [6, 6.07) is 13.2. The summed E-state index contributed by atoms with van der Waals surface area (Å²) in [5.74, 6) is -0.0352. The van der Waals surface area contributed by atoms with Gasteiger partial charge in [-0.25, -0.2) is 4.39 Å². The van der Waals surface area contributed by atoms with Crippen molar-refractivity contribution < 1.29 is 14.0 Å². The molecule has 4 aliphatic rings. The van der Waals surface area contributed by atoms with Gasteiger partial charge < -0.3 is 15.5 Å². The lowest BCUT2D eigenvalue weighted by atomic mass is 9.77. The van der Waals surface area contributed by atoms with Crippen LogP contribution in [-0.4, -0.2) is 35.3 Å². The van der Waals surface area contributed by atoms with Gasteiger partial charge in [0.25, 0.3) is 5.91 Å². The molecule has 1 heterocycles. The highest BCUT2D eigenvalue weighted by Crippen LogP contribution is 2.39. The number of amides is 2. The first-order chi connectivity index (χ1) is 20.9. The van der Waals surface area contributed by atoms with Gasteiger partial charge in [0.05, 0.1) is 17.5 Å². The zero-order valence-corrected chi connectivity index (χ0v) is 25.7. The maximum atomic E-state index is 15.0. The van der Waals surface area contributed by atoms with Crippen LogP contribution in [0, 0.1) is 30.5 Å². The molecule has 5 nitrogen and oxygen atoms in total. The number of anilines is 1. The van der Waals surface area contributed by atoms with Crippen molar-refractivity contribution in [2.75, 3.05) is 11.9 Å². The summed E-state index contributed by atoms with van der Waals surface area (Å²) in [4.78, 5) is 29.9. The van der Waals surface area contributed by atoms with Gasteiger partial charge in [-0.05, 0) is 99.1 Å². The minimum atomic E-state index is -0.504. The molecule has 0 spiro atoms. The molecule has 2 amide bonds. The van der Waals surface area contributed by atoms with Gasteiger partial charge in [0.1, 0.15) is 5.82 Å². The van der Waals surface area contributed by atoms with Crippen LogP contribution in [-0.2, 0) is 4.79 Å². The molecule has 2 aromatic carbocycles. The van der Waals surface area contributed by atoms with Crippen LogP contribution in [0.2, 0.25) is 0 Å². The average molecular weight is 584 g/mol. The molecule has 2 N–H and O–H groups in total. The van der Waals surface area contributed by atoms with E-state index in [4.69, 9.17) is 0 Å². The van der Waals surface area contributed by atoms with Crippen LogP contribution in [0.15, 0.2) is 66.4 Å². The third-order valence-corrected chi connectivity index (χ3v) is 10.3. The van der Waals surface area contributed by atoms with Gasteiger partial charge in [0.2, 0.25) is 5.91 Å². The highest BCUT2D eigenvalue weighted by atomic mass is 19.1. The summed E-state index contributed by atoms with van der Waals surface area (Å²) < 4.78 is 15.0. The van der Waals surface area contributed by atoms with E-state index >= 15 is 4.39 Å². The number of likely N-dealkylation sites (tertiary alicyclic amines) is 1. The smallest absolute Gasteiger partial charge is 0.257 e. The predicted octanol–water partition coefficient (Wildman–Crippen LogP) is 7.89. The molecule has 0 aromatic heterocycles. The SMILES string of the molecule is Cc1cccc(F)c1C(=O)N1CCC[C@H](C(=O)Nc2cccc(C3CC[C@H](C)C3)c2)[C@@H]1C1C=CC(NC2CCCC2)=CC1. The van der Waals surface area contributed by atoms with Crippen LogP contribution in [0.1, 0.15) is 98.5 Å². The van der Waals surface area contributed by atoms with Gasteiger partial charge in [-0.2, -0.15) is 0 Å². The van der Waals surface area contributed by atoms with Gasteiger partial charge in [-0.1, -0.05) is 62.6 Å². The van der Waals surface area contributed by atoms with E-state index < -0.39 is 11.7 Å². The fourth-order valence-corrected chi connectivity index (χ4v) is 8.04. The largest absolute Gasteiger partial charge is 0.383 e. The van der Waals surface area contributed by atoms with Crippen molar-refractivity contribution in [1.29, 1.82) is 0 Å². The summed E-state index contributed by atoms with van der Waals surface area (Å²) in [5, 5.41) is 6.91. The summed E-state index contributed by atoms with van der Waals surface area (Å²) in [6.45, 7) is 4.60. The Morgan fingerprint density at radius 3 is 2.51 bits per heavy atom. The molecule has 1 aliphatic heterocycles. The van der Waals surface area contributed by atoms with Gasteiger partial charge in [0.15, 0.2) is 0 Å². The van der Waals surface area contributed by atoms with Crippen LogP contribution in [0.3, 0.4) is 0 Å². The fraction of sp³-hybridized carbons (Fsp3) is 0.514. The highest BCUT2D eigenvalue weighted by molar-refractivity contribution is 5.98. The molecular formula is C37H46FN3O2. The predicted molar refractivity (Wildman–Crippen MR) is 170 cm³/mol. The quantitative estimate of drug-likeness (QED) is 0.348. The fourth-order valence-electron chi connectivity index (χ4n) is 8.04. The van der Waals surface area contributed by atoms with Crippen molar-refractivity contribution >= 4 is 17.5 Å². The van der Waals surface area contributed by atoms with Crippen LogP contribution in [0.25, 0.3) is 0 Å². The number of carbonyl (C=O) groups excluding carboxylic acids is 2. The average Bonchev–Trinajstić information content (AvgIpc) is 3.69. The first kappa shape index (κ1) is 29.7. The van der Waals surface area contributed by atoms with Crippen molar-refractivity contribution in [3.8, 4) is 0 Å². The topological polar surface area (TPSA) is 61.4 Å². The number of nitrogens with one attached hydrogen (secondary N) is 2. The molecule has 43 heavy (non-hydrogen) atoms. The van der Waals surface area contributed by atoms with Crippen molar-refractivity contribution in [3.05, 3.63) is 88.9 Å². The van der Waals surface area contributed by atoms with Crippen molar-refractivity contribution in [2.24, 2.45) is 17.8 Å². The maximum Gasteiger partial charge on any atom is 0.257 e. The summed E-state index contributed by atoms with van der Waals surface area (Å²) >= 11 is 0. The van der Waals surface area contributed by atoms with Crippen LogP contribution >= 0.6 is 0 Å². The number of aryl methyl sites for hydroxylation is 1. The Morgan fingerprint density at radius 1 is 0.977 bits per heavy atom. The molecule has 2 unspecified atom stereocenters. The molecule has 6 heteroatoms. The Labute approximate surface area is 256 Å². The zero-order chi connectivity index (χ0) is 29.9. The van der Waals surface area contributed by atoms with E-state index in [1.807, 2.05) is 12.1 Å². The lowest BCUT2D eigenvalue weighted by Gasteiger charge is -2.44. The van der Waals surface area contributed by atoms with E-state index in [9.17, 15) is 9.59 Å². The minimum absolute atomic E-state index is 0.0347. The van der Waals surface area contributed by atoms with Crippen molar-refractivity contribution in [3.63, 3.8) is 0 Å². The lowest BCUT2D eigenvalue weighted by Crippen LogP contribution is -2.55. The van der Waals surface area contributed by atoms with E-state index in [2.05, 4.69) is 47.9 Å². The second-order valence-corrected chi connectivity index (χ2v) is 13.4. The van der Waals surface area contributed by atoms with E-state index in [1.54, 1.807) is 24.0 Å². The molecular weight excluding hydrogens is 537 g/mol. The number of halogens is 1. The monoisotopic (exact) mass is 583 g/mol. The summed E-state index contributed by atoms with van der Waals surface area (Å²) in [5.41, 5.74) is 3.97. The van der Waals surface area contributed by atoms with Crippen molar-refractivity contribution in [2.45, 2.75) is 96.1 Å². The normalized spacial score (nSPS) is 27.7. The van der Waals surface area contributed by atoms with Crippen molar-refractivity contribution in [1.82, 2.24) is 10.2 Å². The molecule has 6 rings (SSSR count). The van der Waals surface area contributed by atoms with E-state index in [-0.39, 0.29) is 29.3 Å². The molecule has 2 aromatic rings. The van der Waals surface area contributed by atoms with E-state index in [1.165, 1.54) is 56.6 Å². The molecule has 3 fully saturated rings. The third-order valence-electron chi connectivity index (χ3n) is 10.3. The zero-order valence-electron chi connectivity index (χ0n) is 25.7. The Bertz CT molecular complexity index is 1370. The highest BCUT2D eigenvalue weighted by Gasteiger charge is 2.43. The molecule has 2 saturated carbocycles. The Hall–Kier alpha value is -3.41. The summed E-state index contributed by atoms with van der Waals surface area (Å²) in [6.07, 6.45) is 17.2. The first-order valence-corrected chi connectivity index (χ1v) is 16.5. The second-order valence-electron chi connectivity index (χ2n) is 13.4.